The van der Waals surface area contributed by atoms with Crippen molar-refractivity contribution < 1.29 is 4.74 Å². The minimum Gasteiger partial charge on any atom is -0.497 e. The molecule has 1 heterocycles. The Morgan fingerprint density at radius 1 is 0.852 bits per heavy atom. The van der Waals surface area contributed by atoms with Crippen molar-refractivity contribution in [3.63, 3.8) is 0 Å². The van der Waals surface area contributed by atoms with Gasteiger partial charge < -0.3 is 4.74 Å². The lowest BCUT2D eigenvalue weighted by molar-refractivity contribution is 0.280. The predicted octanol–water partition coefficient (Wildman–Crippen LogP) is 7.58. The second kappa shape index (κ2) is 11.3. The van der Waals surface area contributed by atoms with E-state index in [1.54, 1.807) is 38.1 Å². The Morgan fingerprint density at radius 2 is 1.48 bits per heavy atom. The molecule has 1 aliphatic carbocycles. The van der Waals surface area contributed by atoms with Crippen LogP contribution in [0.25, 0.3) is 0 Å². The highest BCUT2D eigenvalue weighted by atomic mass is 28.3. The van der Waals surface area contributed by atoms with E-state index in [1.165, 1.54) is 63.4 Å². The largest absolute Gasteiger partial charge is 0.497 e. The first kappa shape index (κ1) is 21.0. The Morgan fingerprint density at radius 3 is 2.07 bits per heavy atom. The summed E-state index contributed by atoms with van der Waals surface area (Å²) in [7, 11) is 1.44. The van der Waals surface area contributed by atoms with E-state index in [4.69, 9.17) is 4.74 Å². The lowest BCUT2D eigenvalue weighted by Crippen LogP contribution is -2.22. The van der Waals surface area contributed by atoms with Crippen LogP contribution in [0.4, 0.5) is 0 Å². The average molecular weight is 387 g/mol. The van der Waals surface area contributed by atoms with E-state index in [0.29, 0.717) is 0 Å². The van der Waals surface area contributed by atoms with Crippen LogP contribution in [0.15, 0.2) is 24.3 Å². The van der Waals surface area contributed by atoms with Crippen LogP contribution < -0.4 is 4.74 Å². The molecule has 1 nitrogen and oxygen atoms in total. The summed E-state index contributed by atoms with van der Waals surface area (Å²) >= 11 is 0. The topological polar surface area (TPSA) is 9.23 Å². The predicted molar refractivity (Wildman–Crippen MR) is 121 cm³/mol. The van der Waals surface area contributed by atoms with Gasteiger partial charge in [-0.3, -0.25) is 0 Å². The van der Waals surface area contributed by atoms with Crippen LogP contribution in [-0.2, 0) is 0 Å². The molecule has 1 aliphatic heterocycles. The molecular weight excluding hydrogens is 344 g/mol. The summed E-state index contributed by atoms with van der Waals surface area (Å²) in [4.78, 5) is 0. The van der Waals surface area contributed by atoms with Crippen molar-refractivity contribution in [1.82, 2.24) is 0 Å². The van der Waals surface area contributed by atoms with E-state index in [2.05, 4.69) is 31.2 Å². The maximum Gasteiger partial charge on any atom is 0.118 e. The molecule has 2 aliphatic rings. The lowest BCUT2D eigenvalue weighted by atomic mass is 9.76. The fourth-order valence-electron chi connectivity index (χ4n) is 5.62. The smallest absolute Gasteiger partial charge is 0.118 e. The summed E-state index contributed by atoms with van der Waals surface area (Å²) in [6.45, 7) is 2.34. The van der Waals surface area contributed by atoms with Gasteiger partial charge in [0.15, 0.2) is 0 Å². The Balaban J connectivity index is 1.31. The third kappa shape index (κ3) is 6.66. The number of unbranched alkanes of at least 4 members (excludes halogenated alkanes) is 2. The van der Waals surface area contributed by atoms with Gasteiger partial charge in [-0.2, -0.15) is 0 Å². The van der Waals surface area contributed by atoms with Gasteiger partial charge in [-0.15, -0.1) is 0 Å². The highest BCUT2D eigenvalue weighted by molar-refractivity contribution is 6.58. The van der Waals surface area contributed by atoms with Gasteiger partial charge in [-0.05, 0) is 61.1 Å². The van der Waals surface area contributed by atoms with Crippen LogP contribution in [0, 0.1) is 11.8 Å². The summed E-state index contributed by atoms with van der Waals surface area (Å²) in [6.07, 6.45) is 16.3. The molecule has 0 N–H and O–H groups in total. The highest BCUT2D eigenvalue weighted by Gasteiger charge is 2.25. The van der Waals surface area contributed by atoms with Crippen molar-refractivity contribution in [3.8, 4) is 5.75 Å². The molecule has 3 rings (SSSR count). The van der Waals surface area contributed by atoms with Gasteiger partial charge in [-0.1, -0.05) is 82.1 Å². The summed E-state index contributed by atoms with van der Waals surface area (Å²) in [6, 6.07) is 13.8. The fraction of sp³-hybridized carbons (Fsp3) is 0.760. The van der Waals surface area contributed by atoms with Crippen molar-refractivity contribution in [1.29, 1.82) is 0 Å². The molecule has 0 aromatic heterocycles. The van der Waals surface area contributed by atoms with E-state index in [0.717, 1.165) is 23.5 Å². The average Bonchev–Trinajstić information content (AvgIpc) is 2.74. The lowest BCUT2D eigenvalue weighted by Gasteiger charge is -2.32. The zero-order chi connectivity index (χ0) is 18.9. The standard InChI is InChI=1S/C25H42OSi/c1-3-4-5-18-27-19-16-22(17-20-27)7-6-21-8-10-23(11-9-21)24-12-14-25(26-2)15-13-24/h12-15,21-23,27H,3-11,16-20H2,1-2H3/t21-,22-,23-,27-. The number of methoxy groups -OCH3 is 1. The first-order valence-electron chi connectivity index (χ1n) is 11.9. The van der Waals surface area contributed by atoms with E-state index >= 15 is 0 Å². The number of benzene rings is 1. The van der Waals surface area contributed by atoms with Crippen molar-refractivity contribution in [2.24, 2.45) is 11.8 Å². The SMILES string of the molecule is CCCCC[Si@H]1CC[C@H](CC[C@H]2CC[C@H](c3ccc(OC)cc3)CC2)CC1. The molecule has 2 heteroatoms. The van der Waals surface area contributed by atoms with Crippen LogP contribution in [0.2, 0.25) is 18.1 Å². The molecule has 0 atom stereocenters. The zero-order valence-corrected chi connectivity index (χ0v) is 19.1. The summed E-state index contributed by atoms with van der Waals surface area (Å²) in [5.74, 6) is 3.87. The summed E-state index contributed by atoms with van der Waals surface area (Å²) in [5, 5.41) is 0. The number of ether oxygens (including phenoxy) is 1. The molecule has 152 valence electrons. The number of hydrogen-bond donors (Lipinski definition) is 0. The van der Waals surface area contributed by atoms with Gasteiger partial charge in [0, 0.05) is 8.80 Å². The van der Waals surface area contributed by atoms with Crippen LogP contribution in [0.5, 0.6) is 5.75 Å². The first-order valence-corrected chi connectivity index (χ1v) is 14.4. The Bertz CT molecular complexity index is 510. The normalized spacial score (nSPS) is 28.8. The Kier molecular flexibility index (Phi) is 8.76. The molecule has 0 unspecified atom stereocenters. The second-order valence-electron chi connectivity index (χ2n) is 9.45. The Hall–Kier alpha value is -0.763. The molecule has 27 heavy (non-hydrogen) atoms. The Labute approximate surface area is 169 Å². The molecule has 1 saturated heterocycles. The van der Waals surface area contributed by atoms with Gasteiger partial charge >= 0.3 is 0 Å². The molecule has 0 bridgehead atoms. The molecular formula is C25H42OSi. The molecule has 0 radical (unpaired) electrons. The molecule has 1 aromatic carbocycles. The van der Waals surface area contributed by atoms with Crippen molar-refractivity contribution >= 4 is 8.80 Å². The van der Waals surface area contributed by atoms with Crippen LogP contribution in [-0.4, -0.2) is 15.9 Å². The quantitative estimate of drug-likeness (QED) is 0.314. The maximum atomic E-state index is 5.30. The van der Waals surface area contributed by atoms with Crippen LogP contribution in [0.1, 0.15) is 89.0 Å². The van der Waals surface area contributed by atoms with Gasteiger partial charge in [0.05, 0.1) is 7.11 Å². The van der Waals surface area contributed by atoms with Gasteiger partial charge in [0.25, 0.3) is 0 Å². The van der Waals surface area contributed by atoms with Crippen molar-refractivity contribution in [3.05, 3.63) is 29.8 Å². The zero-order valence-electron chi connectivity index (χ0n) is 17.9. The minimum atomic E-state index is -0.314. The molecule has 1 aromatic rings. The fourth-order valence-corrected chi connectivity index (χ4v) is 9.24. The van der Waals surface area contributed by atoms with E-state index in [-0.39, 0.29) is 8.80 Å². The van der Waals surface area contributed by atoms with Crippen molar-refractivity contribution in [2.75, 3.05) is 7.11 Å². The van der Waals surface area contributed by atoms with E-state index < -0.39 is 0 Å². The van der Waals surface area contributed by atoms with E-state index in [9.17, 15) is 0 Å². The summed E-state index contributed by atoms with van der Waals surface area (Å²) < 4.78 is 5.30. The third-order valence-electron chi connectivity index (χ3n) is 7.60. The van der Waals surface area contributed by atoms with Crippen molar-refractivity contribution in [2.45, 2.75) is 102 Å². The molecule has 0 amide bonds. The second-order valence-corrected chi connectivity index (χ2v) is 12.9. The van der Waals surface area contributed by atoms with Gasteiger partial charge in [-0.25, -0.2) is 0 Å². The monoisotopic (exact) mass is 386 g/mol. The van der Waals surface area contributed by atoms with E-state index in [1.807, 2.05) is 0 Å². The maximum absolute atomic E-state index is 5.30. The number of rotatable bonds is 9. The molecule has 2 fully saturated rings. The van der Waals surface area contributed by atoms with Crippen LogP contribution >= 0.6 is 0 Å². The molecule has 0 spiro atoms. The third-order valence-corrected chi connectivity index (χ3v) is 11.1. The van der Waals surface area contributed by atoms with Crippen LogP contribution in [0.3, 0.4) is 0 Å². The number of hydrogen-bond acceptors (Lipinski definition) is 1. The summed E-state index contributed by atoms with van der Waals surface area (Å²) in [5.41, 5.74) is 1.53. The molecule has 1 saturated carbocycles. The first-order chi connectivity index (χ1) is 13.3. The highest BCUT2D eigenvalue weighted by Crippen LogP contribution is 2.39. The van der Waals surface area contributed by atoms with Gasteiger partial charge in [0.1, 0.15) is 5.75 Å². The van der Waals surface area contributed by atoms with Gasteiger partial charge in [0.2, 0.25) is 0 Å². The minimum absolute atomic E-state index is 0.314.